The van der Waals surface area contributed by atoms with E-state index in [1.165, 1.54) is 38.5 Å². The Morgan fingerprint density at radius 1 is 1.00 bits per heavy atom. The number of benzene rings is 1. The van der Waals surface area contributed by atoms with Gasteiger partial charge < -0.3 is 4.90 Å². The van der Waals surface area contributed by atoms with Crippen LogP contribution in [0.25, 0.3) is 0 Å². The molecule has 0 unspecified atom stereocenters. The van der Waals surface area contributed by atoms with Crippen LogP contribution in [0.15, 0.2) is 12.1 Å². The third-order valence-corrected chi connectivity index (χ3v) is 4.04. The quantitative estimate of drug-likeness (QED) is 0.507. The van der Waals surface area contributed by atoms with Crippen LogP contribution in [0.1, 0.15) is 52.4 Å². The van der Waals surface area contributed by atoms with Crippen molar-refractivity contribution in [3.63, 3.8) is 0 Å². The lowest BCUT2D eigenvalue weighted by Crippen LogP contribution is -2.26. The fraction of sp³-hybridized carbons (Fsp3) is 0.625. The van der Waals surface area contributed by atoms with Crippen LogP contribution in [0, 0.1) is 6.07 Å². The van der Waals surface area contributed by atoms with Crippen molar-refractivity contribution in [1.82, 2.24) is 0 Å². The second-order valence-electron chi connectivity index (χ2n) is 4.89. The highest BCUT2D eigenvalue weighted by atomic mass is 35.5. The second kappa shape index (κ2) is 9.50. The molecule has 19 heavy (non-hydrogen) atoms. The summed E-state index contributed by atoms with van der Waals surface area (Å²) in [5, 5.41) is 1.25. The molecule has 0 fully saturated rings. The van der Waals surface area contributed by atoms with Gasteiger partial charge in [-0.05, 0) is 18.9 Å². The van der Waals surface area contributed by atoms with Crippen LogP contribution < -0.4 is 4.90 Å². The van der Waals surface area contributed by atoms with Crippen molar-refractivity contribution in [3.8, 4) is 0 Å². The molecule has 1 nitrogen and oxygen atoms in total. The van der Waals surface area contributed by atoms with E-state index in [1.807, 2.05) is 6.07 Å². The lowest BCUT2D eigenvalue weighted by atomic mass is 10.2. The molecule has 0 saturated carbocycles. The summed E-state index contributed by atoms with van der Waals surface area (Å²) >= 11 is 12.4. The third kappa shape index (κ3) is 5.62. The predicted molar refractivity (Wildman–Crippen MR) is 86.6 cm³/mol. The molecule has 0 aliphatic carbocycles. The molecular weight excluding hydrogens is 277 g/mol. The van der Waals surface area contributed by atoms with Crippen LogP contribution in [-0.2, 0) is 0 Å². The second-order valence-corrected chi connectivity index (χ2v) is 5.67. The van der Waals surface area contributed by atoms with Crippen LogP contribution in [0.5, 0.6) is 0 Å². The number of hydrogen-bond acceptors (Lipinski definition) is 1. The van der Waals surface area contributed by atoms with E-state index in [-0.39, 0.29) is 0 Å². The summed E-state index contributed by atoms with van der Waals surface area (Å²) in [4.78, 5) is 2.33. The van der Waals surface area contributed by atoms with Gasteiger partial charge in [0.15, 0.2) is 0 Å². The van der Waals surface area contributed by atoms with E-state index in [4.69, 9.17) is 23.2 Å². The maximum atomic E-state index is 6.31. The molecular formula is C16H24Cl2N. The molecule has 1 aromatic rings. The van der Waals surface area contributed by atoms with Gasteiger partial charge in [-0.1, -0.05) is 68.8 Å². The van der Waals surface area contributed by atoms with Crippen molar-refractivity contribution in [3.05, 3.63) is 28.2 Å². The van der Waals surface area contributed by atoms with Crippen molar-refractivity contribution < 1.29 is 0 Å². The van der Waals surface area contributed by atoms with Crippen LogP contribution in [0.3, 0.4) is 0 Å². The minimum absolute atomic E-state index is 0.617. The van der Waals surface area contributed by atoms with Gasteiger partial charge in [-0.3, -0.25) is 0 Å². The normalized spacial score (nSPS) is 10.7. The first-order chi connectivity index (χ1) is 9.20. The van der Waals surface area contributed by atoms with E-state index in [0.717, 1.165) is 18.8 Å². The van der Waals surface area contributed by atoms with Crippen molar-refractivity contribution in [2.75, 3.05) is 18.0 Å². The first-order valence-electron chi connectivity index (χ1n) is 7.31. The number of rotatable bonds is 9. The number of unbranched alkanes of at least 4 members (excludes halogenated alkanes) is 4. The van der Waals surface area contributed by atoms with E-state index < -0.39 is 0 Å². The average molecular weight is 301 g/mol. The topological polar surface area (TPSA) is 3.24 Å². The van der Waals surface area contributed by atoms with E-state index in [9.17, 15) is 0 Å². The molecule has 0 spiro atoms. The number of nitrogens with zero attached hydrogens (tertiary/aromatic N) is 1. The molecule has 1 radical (unpaired) electrons. The van der Waals surface area contributed by atoms with Crippen molar-refractivity contribution in [2.24, 2.45) is 0 Å². The monoisotopic (exact) mass is 300 g/mol. The number of anilines is 1. The molecule has 0 heterocycles. The molecule has 0 N–H and O–H groups in total. The Morgan fingerprint density at radius 2 is 1.58 bits per heavy atom. The smallest absolute Gasteiger partial charge is 0.0832 e. The Balaban J connectivity index is 2.72. The summed E-state index contributed by atoms with van der Waals surface area (Å²) in [5.41, 5.74) is 0.960. The van der Waals surface area contributed by atoms with Crippen LogP contribution in [0.2, 0.25) is 10.0 Å². The Bertz CT molecular complexity index is 356. The van der Waals surface area contributed by atoms with Gasteiger partial charge in [-0.2, -0.15) is 0 Å². The predicted octanol–water partition coefficient (Wildman–Crippen LogP) is 5.98. The minimum atomic E-state index is 0.617. The van der Waals surface area contributed by atoms with Gasteiger partial charge in [0.2, 0.25) is 0 Å². The molecule has 0 saturated heterocycles. The van der Waals surface area contributed by atoms with E-state index in [0.29, 0.717) is 10.0 Å². The summed E-state index contributed by atoms with van der Waals surface area (Å²) in [5.74, 6) is 0. The Hall–Kier alpha value is -0.400. The third-order valence-electron chi connectivity index (χ3n) is 3.25. The minimum Gasteiger partial charge on any atom is -0.370 e. The van der Waals surface area contributed by atoms with Gasteiger partial charge in [-0.25, -0.2) is 0 Å². The van der Waals surface area contributed by atoms with Crippen molar-refractivity contribution in [1.29, 1.82) is 0 Å². The molecule has 0 aliphatic heterocycles. The van der Waals surface area contributed by atoms with Crippen LogP contribution >= 0.6 is 23.2 Å². The zero-order valence-electron chi connectivity index (χ0n) is 12.0. The standard InChI is InChI=1S/C16H24Cl2N/c1-3-5-7-12-19(13-8-6-4-2)15-11-9-10-14(17)16(15)18/h9-10H,3-8,12-13H2,1-2H3. The largest absolute Gasteiger partial charge is 0.370 e. The van der Waals surface area contributed by atoms with Crippen LogP contribution in [0.4, 0.5) is 5.69 Å². The maximum Gasteiger partial charge on any atom is 0.0832 e. The Kier molecular flexibility index (Phi) is 8.32. The molecule has 1 aromatic carbocycles. The summed E-state index contributed by atoms with van der Waals surface area (Å²) in [6, 6.07) is 6.89. The summed E-state index contributed by atoms with van der Waals surface area (Å²) in [6.07, 6.45) is 7.36. The summed E-state index contributed by atoms with van der Waals surface area (Å²) < 4.78 is 0. The van der Waals surface area contributed by atoms with Gasteiger partial charge in [0.1, 0.15) is 0 Å². The van der Waals surface area contributed by atoms with E-state index in [1.54, 1.807) is 6.07 Å². The lowest BCUT2D eigenvalue weighted by molar-refractivity contribution is 0.636. The zero-order chi connectivity index (χ0) is 14.1. The fourth-order valence-corrected chi connectivity index (χ4v) is 2.50. The molecule has 0 amide bonds. The molecule has 0 atom stereocenters. The van der Waals surface area contributed by atoms with Gasteiger partial charge in [0.25, 0.3) is 0 Å². The van der Waals surface area contributed by atoms with Crippen LogP contribution in [-0.4, -0.2) is 13.1 Å². The lowest BCUT2D eigenvalue weighted by Gasteiger charge is -2.26. The highest BCUT2D eigenvalue weighted by Gasteiger charge is 2.12. The molecule has 0 aliphatic rings. The molecule has 0 bridgehead atoms. The summed E-state index contributed by atoms with van der Waals surface area (Å²) in [6.45, 7) is 6.52. The Labute approximate surface area is 127 Å². The maximum absolute atomic E-state index is 6.31. The first kappa shape index (κ1) is 16.7. The zero-order valence-corrected chi connectivity index (χ0v) is 13.5. The van der Waals surface area contributed by atoms with Gasteiger partial charge >= 0.3 is 0 Å². The van der Waals surface area contributed by atoms with E-state index in [2.05, 4.69) is 24.8 Å². The van der Waals surface area contributed by atoms with Gasteiger partial charge in [0.05, 0.1) is 15.7 Å². The number of halogens is 2. The molecule has 0 aromatic heterocycles. The highest BCUT2D eigenvalue weighted by molar-refractivity contribution is 6.43. The number of hydrogen-bond donors (Lipinski definition) is 0. The van der Waals surface area contributed by atoms with Gasteiger partial charge in [0, 0.05) is 19.2 Å². The molecule has 107 valence electrons. The molecule has 1 rings (SSSR count). The SMILES string of the molecule is CCCCCN(CCCCC)c1[c]ccc(Cl)c1Cl. The first-order valence-corrected chi connectivity index (χ1v) is 8.06. The van der Waals surface area contributed by atoms with Gasteiger partial charge in [-0.15, -0.1) is 0 Å². The fourth-order valence-electron chi connectivity index (χ4n) is 2.11. The van der Waals surface area contributed by atoms with Crippen molar-refractivity contribution in [2.45, 2.75) is 52.4 Å². The molecule has 3 heteroatoms. The van der Waals surface area contributed by atoms with Crippen molar-refractivity contribution >= 4 is 28.9 Å². The highest BCUT2D eigenvalue weighted by Crippen LogP contribution is 2.32. The summed E-state index contributed by atoms with van der Waals surface area (Å²) in [7, 11) is 0. The Morgan fingerprint density at radius 3 is 2.11 bits per heavy atom. The van der Waals surface area contributed by atoms with E-state index >= 15 is 0 Å². The average Bonchev–Trinajstić information content (AvgIpc) is 2.41.